The van der Waals surface area contributed by atoms with Crippen molar-refractivity contribution in [2.24, 2.45) is 11.8 Å². The van der Waals surface area contributed by atoms with Crippen LogP contribution in [-0.2, 0) is 10.0 Å². The molecule has 2 fully saturated rings. The van der Waals surface area contributed by atoms with Crippen molar-refractivity contribution in [3.05, 3.63) is 23.5 Å². The highest BCUT2D eigenvalue weighted by molar-refractivity contribution is 7.89. The average molecular weight is 399 g/mol. The molecular weight excluding hydrogens is 371 g/mol. The summed E-state index contributed by atoms with van der Waals surface area (Å²) in [7, 11) is -3.94. The van der Waals surface area contributed by atoms with E-state index >= 15 is 0 Å². The summed E-state index contributed by atoms with van der Waals surface area (Å²) in [6.07, 6.45) is 3.69. The van der Waals surface area contributed by atoms with E-state index in [1.807, 2.05) is 13.8 Å². The van der Waals surface area contributed by atoms with Crippen molar-refractivity contribution in [2.75, 3.05) is 31.1 Å². The molecule has 150 valence electrons. The molecule has 2 heterocycles. The van der Waals surface area contributed by atoms with Gasteiger partial charge in [-0.25, -0.2) is 17.6 Å². The second kappa shape index (κ2) is 7.75. The van der Waals surface area contributed by atoms with E-state index in [0.717, 1.165) is 37.8 Å². The number of benzene rings is 1. The Morgan fingerprint density at radius 1 is 1.11 bits per heavy atom. The number of carboxylic acids is 1. The van der Waals surface area contributed by atoms with E-state index in [4.69, 9.17) is 0 Å². The molecule has 27 heavy (non-hydrogen) atoms. The van der Waals surface area contributed by atoms with Gasteiger partial charge in [0.15, 0.2) is 0 Å². The Kier molecular flexibility index (Phi) is 5.76. The van der Waals surface area contributed by atoms with Gasteiger partial charge in [-0.05, 0) is 49.7 Å². The lowest BCUT2D eigenvalue weighted by Crippen LogP contribution is -2.42. The summed E-state index contributed by atoms with van der Waals surface area (Å²) in [6, 6.07) is 2.10. The predicted octanol–water partition coefficient (Wildman–Crippen LogP) is 3.18. The Balaban J connectivity index is 2.02. The SMILES string of the molecule is C[C@@H]1C[C@H](C)CN(S(=O)(=O)c2cc(F)c(N3CCCCC3)c(C(=O)O)c2)C1. The maximum Gasteiger partial charge on any atom is 0.337 e. The molecule has 0 saturated carbocycles. The zero-order valence-corrected chi connectivity index (χ0v) is 16.6. The maximum absolute atomic E-state index is 14.9. The largest absolute Gasteiger partial charge is 0.478 e. The number of hydrogen-bond donors (Lipinski definition) is 1. The zero-order valence-electron chi connectivity index (χ0n) is 15.8. The maximum atomic E-state index is 14.9. The molecule has 0 aromatic heterocycles. The topological polar surface area (TPSA) is 77.9 Å². The lowest BCUT2D eigenvalue weighted by atomic mass is 9.94. The summed E-state index contributed by atoms with van der Waals surface area (Å²) < 4.78 is 42.4. The van der Waals surface area contributed by atoms with E-state index < -0.39 is 21.8 Å². The van der Waals surface area contributed by atoms with Crippen molar-refractivity contribution in [3.8, 4) is 0 Å². The van der Waals surface area contributed by atoms with E-state index in [1.165, 1.54) is 4.31 Å². The van der Waals surface area contributed by atoms with E-state index in [2.05, 4.69) is 0 Å². The summed E-state index contributed by atoms with van der Waals surface area (Å²) in [5, 5.41) is 9.60. The molecule has 3 rings (SSSR count). The summed E-state index contributed by atoms with van der Waals surface area (Å²) in [5.41, 5.74) is -0.282. The van der Waals surface area contributed by atoms with Crippen LogP contribution in [0.15, 0.2) is 17.0 Å². The lowest BCUT2D eigenvalue weighted by molar-refractivity contribution is 0.0696. The number of halogens is 1. The number of carbonyl (C=O) groups is 1. The number of sulfonamides is 1. The molecule has 0 aliphatic carbocycles. The highest BCUT2D eigenvalue weighted by Gasteiger charge is 2.34. The second-order valence-corrected chi connectivity index (χ2v) is 9.86. The van der Waals surface area contributed by atoms with E-state index in [0.29, 0.717) is 26.2 Å². The third-order valence-electron chi connectivity index (χ3n) is 5.41. The molecule has 1 aromatic rings. The fourth-order valence-corrected chi connectivity index (χ4v) is 5.99. The van der Waals surface area contributed by atoms with Gasteiger partial charge in [-0.2, -0.15) is 4.31 Å². The minimum atomic E-state index is -3.94. The van der Waals surface area contributed by atoms with Gasteiger partial charge in [-0.3, -0.25) is 0 Å². The van der Waals surface area contributed by atoms with Gasteiger partial charge in [-0.1, -0.05) is 13.8 Å². The Morgan fingerprint density at radius 3 is 2.26 bits per heavy atom. The molecule has 1 aromatic carbocycles. The summed E-state index contributed by atoms with van der Waals surface area (Å²) in [5.74, 6) is -1.68. The Hall–Kier alpha value is -1.67. The second-order valence-electron chi connectivity index (χ2n) is 7.92. The van der Waals surface area contributed by atoms with Crippen LogP contribution in [0, 0.1) is 17.7 Å². The fraction of sp³-hybridized carbons (Fsp3) is 0.632. The van der Waals surface area contributed by atoms with Crippen LogP contribution in [0.4, 0.5) is 10.1 Å². The zero-order chi connectivity index (χ0) is 19.8. The summed E-state index contributed by atoms with van der Waals surface area (Å²) in [6.45, 7) is 5.85. The minimum Gasteiger partial charge on any atom is -0.478 e. The molecule has 0 spiro atoms. The average Bonchev–Trinajstić information content (AvgIpc) is 2.60. The first-order valence-electron chi connectivity index (χ1n) is 9.52. The van der Waals surface area contributed by atoms with Crippen LogP contribution in [0.5, 0.6) is 0 Å². The smallest absolute Gasteiger partial charge is 0.337 e. The van der Waals surface area contributed by atoms with Crippen molar-refractivity contribution in [1.82, 2.24) is 4.31 Å². The fourth-order valence-electron chi connectivity index (χ4n) is 4.28. The van der Waals surface area contributed by atoms with Crippen LogP contribution in [-0.4, -0.2) is 50.0 Å². The number of aromatic carboxylic acids is 1. The standard InChI is InChI=1S/C19H27FN2O4S/c1-13-8-14(2)12-22(11-13)27(25,26)15-9-16(19(23)24)18(17(20)10-15)21-6-4-3-5-7-21/h9-10,13-14H,3-8,11-12H2,1-2H3,(H,23,24)/t13-,14+. The normalized spacial score (nSPS) is 24.8. The highest BCUT2D eigenvalue weighted by atomic mass is 32.2. The van der Waals surface area contributed by atoms with Gasteiger partial charge in [0.1, 0.15) is 5.82 Å². The first-order valence-corrected chi connectivity index (χ1v) is 11.0. The van der Waals surface area contributed by atoms with Crippen molar-refractivity contribution in [3.63, 3.8) is 0 Å². The van der Waals surface area contributed by atoms with Gasteiger partial charge in [0, 0.05) is 26.2 Å². The van der Waals surface area contributed by atoms with Gasteiger partial charge >= 0.3 is 5.97 Å². The first-order chi connectivity index (χ1) is 12.7. The summed E-state index contributed by atoms with van der Waals surface area (Å²) >= 11 is 0. The van der Waals surface area contributed by atoms with Crippen LogP contribution < -0.4 is 4.90 Å². The number of piperidine rings is 2. The van der Waals surface area contributed by atoms with Crippen molar-refractivity contribution in [2.45, 2.75) is 44.4 Å². The molecule has 6 nitrogen and oxygen atoms in total. The summed E-state index contributed by atoms with van der Waals surface area (Å²) in [4.78, 5) is 13.2. The highest BCUT2D eigenvalue weighted by Crippen LogP contribution is 2.33. The molecule has 2 aliphatic heterocycles. The molecule has 2 saturated heterocycles. The molecule has 1 N–H and O–H groups in total. The lowest BCUT2D eigenvalue weighted by Gasteiger charge is -2.34. The number of nitrogens with zero attached hydrogens (tertiary/aromatic N) is 2. The number of rotatable bonds is 4. The molecule has 0 radical (unpaired) electrons. The number of anilines is 1. The molecular formula is C19H27FN2O4S. The molecule has 0 bridgehead atoms. The number of hydrogen-bond acceptors (Lipinski definition) is 4. The monoisotopic (exact) mass is 398 g/mol. The molecule has 2 aliphatic rings. The third-order valence-corrected chi connectivity index (χ3v) is 7.22. The minimum absolute atomic E-state index is 0.00142. The van der Waals surface area contributed by atoms with E-state index in [9.17, 15) is 22.7 Å². The van der Waals surface area contributed by atoms with Crippen molar-refractivity contribution in [1.29, 1.82) is 0 Å². The molecule has 0 unspecified atom stereocenters. The predicted molar refractivity (Wildman–Crippen MR) is 101 cm³/mol. The third kappa shape index (κ3) is 4.11. The Bertz CT molecular complexity index is 811. The molecule has 0 amide bonds. The van der Waals surface area contributed by atoms with Gasteiger partial charge < -0.3 is 10.0 Å². The quantitative estimate of drug-likeness (QED) is 0.843. The van der Waals surface area contributed by atoms with Gasteiger partial charge in [0.25, 0.3) is 0 Å². The van der Waals surface area contributed by atoms with Crippen LogP contribution in [0.2, 0.25) is 0 Å². The van der Waals surface area contributed by atoms with Gasteiger partial charge in [0.05, 0.1) is 16.1 Å². The van der Waals surface area contributed by atoms with Crippen LogP contribution in [0.25, 0.3) is 0 Å². The Labute approximate surface area is 160 Å². The van der Waals surface area contributed by atoms with Crippen molar-refractivity contribution < 1.29 is 22.7 Å². The number of carboxylic acid groups (broad SMARTS) is 1. The van der Waals surface area contributed by atoms with Crippen LogP contribution in [0.1, 0.15) is 49.9 Å². The molecule has 8 heteroatoms. The van der Waals surface area contributed by atoms with Crippen molar-refractivity contribution >= 4 is 21.7 Å². The first kappa shape index (κ1) is 20.1. The van der Waals surface area contributed by atoms with Crippen LogP contribution >= 0.6 is 0 Å². The Morgan fingerprint density at radius 2 is 1.70 bits per heavy atom. The van der Waals surface area contributed by atoms with Gasteiger partial charge in [-0.15, -0.1) is 0 Å². The molecule has 2 atom stereocenters. The van der Waals surface area contributed by atoms with Crippen LogP contribution in [0.3, 0.4) is 0 Å². The van der Waals surface area contributed by atoms with E-state index in [-0.39, 0.29) is 28.0 Å². The van der Waals surface area contributed by atoms with Gasteiger partial charge in [0.2, 0.25) is 10.0 Å². The van der Waals surface area contributed by atoms with E-state index in [1.54, 1.807) is 4.90 Å².